The van der Waals surface area contributed by atoms with Crippen LogP contribution in [0.4, 0.5) is 10.5 Å². The normalized spacial score (nSPS) is 21.4. The Labute approximate surface area is 132 Å². The largest absolute Gasteiger partial charge is 0.481 e. The Balaban J connectivity index is 2.08. The first-order valence-electron chi connectivity index (χ1n) is 6.85. The van der Waals surface area contributed by atoms with Crippen LogP contribution in [-0.2, 0) is 4.79 Å². The van der Waals surface area contributed by atoms with E-state index in [4.69, 9.17) is 5.11 Å². The fourth-order valence-electron chi connectivity index (χ4n) is 2.67. The summed E-state index contributed by atoms with van der Waals surface area (Å²) >= 11 is 3.49. The van der Waals surface area contributed by atoms with E-state index in [9.17, 15) is 9.59 Å². The van der Waals surface area contributed by atoms with Crippen molar-refractivity contribution in [3.63, 3.8) is 0 Å². The molecule has 5 nitrogen and oxygen atoms in total. The minimum atomic E-state index is -0.840. The first-order chi connectivity index (χ1) is 9.79. The third kappa shape index (κ3) is 3.37. The predicted octanol–water partition coefficient (Wildman–Crippen LogP) is 3.25. The molecule has 0 aliphatic carbocycles. The van der Waals surface area contributed by atoms with Gasteiger partial charge >= 0.3 is 12.0 Å². The summed E-state index contributed by atoms with van der Waals surface area (Å²) in [5.41, 5.74) is 2.82. The van der Waals surface area contributed by atoms with Gasteiger partial charge in [0.1, 0.15) is 0 Å². The molecule has 2 amide bonds. The number of carboxylic acid groups (broad SMARTS) is 1. The van der Waals surface area contributed by atoms with E-state index in [0.717, 1.165) is 21.3 Å². The summed E-state index contributed by atoms with van der Waals surface area (Å²) in [5.74, 6) is -1.35. The number of aliphatic carboxylic acids is 1. The van der Waals surface area contributed by atoms with Crippen molar-refractivity contribution in [2.45, 2.75) is 20.8 Å². The molecule has 21 heavy (non-hydrogen) atoms. The maximum absolute atomic E-state index is 12.2. The highest BCUT2D eigenvalue weighted by atomic mass is 79.9. The number of nitrogens with zero attached hydrogens (tertiary/aromatic N) is 1. The van der Waals surface area contributed by atoms with Gasteiger partial charge in [0, 0.05) is 23.2 Å². The van der Waals surface area contributed by atoms with Crippen LogP contribution in [0, 0.1) is 25.7 Å². The van der Waals surface area contributed by atoms with Crippen molar-refractivity contribution in [1.29, 1.82) is 0 Å². The number of rotatable bonds is 2. The van der Waals surface area contributed by atoms with Crippen molar-refractivity contribution in [3.05, 3.63) is 27.7 Å². The molecule has 6 heteroatoms. The lowest BCUT2D eigenvalue weighted by atomic mass is 9.99. The first-order valence-corrected chi connectivity index (χ1v) is 7.64. The van der Waals surface area contributed by atoms with Gasteiger partial charge in [0.2, 0.25) is 0 Å². The number of carboxylic acids is 1. The van der Waals surface area contributed by atoms with E-state index in [1.54, 1.807) is 4.90 Å². The molecule has 0 bridgehead atoms. The average Bonchev–Trinajstić information content (AvgIpc) is 2.78. The Morgan fingerprint density at radius 3 is 2.33 bits per heavy atom. The lowest BCUT2D eigenvalue weighted by Crippen LogP contribution is -2.33. The molecule has 0 radical (unpaired) electrons. The van der Waals surface area contributed by atoms with E-state index in [1.807, 2.05) is 32.9 Å². The molecule has 2 N–H and O–H groups in total. The maximum atomic E-state index is 12.2. The van der Waals surface area contributed by atoms with Gasteiger partial charge in [-0.25, -0.2) is 4.79 Å². The molecule has 2 atom stereocenters. The number of nitrogens with one attached hydrogen (secondary N) is 1. The second-order valence-electron chi connectivity index (χ2n) is 5.68. The molecular weight excluding hydrogens is 336 g/mol. The number of carbonyl (C=O) groups is 2. The van der Waals surface area contributed by atoms with Crippen LogP contribution in [0.5, 0.6) is 0 Å². The van der Waals surface area contributed by atoms with Crippen molar-refractivity contribution in [1.82, 2.24) is 4.90 Å². The minimum absolute atomic E-state index is 0.0263. The summed E-state index contributed by atoms with van der Waals surface area (Å²) in [6.45, 7) is 6.52. The quantitative estimate of drug-likeness (QED) is 0.856. The predicted molar refractivity (Wildman–Crippen MR) is 84.5 cm³/mol. The standard InChI is InChI=1S/C15H19BrN2O3/c1-8-4-11(5-9(2)13(8)16)17-15(21)18-6-10(3)12(7-18)14(19)20/h4-5,10,12H,6-7H2,1-3H3,(H,17,21)(H,19,20). The van der Waals surface area contributed by atoms with Gasteiger partial charge in [-0.3, -0.25) is 4.79 Å². The zero-order chi connectivity index (χ0) is 15.7. The van der Waals surface area contributed by atoms with Gasteiger partial charge in [-0.1, -0.05) is 22.9 Å². The Morgan fingerprint density at radius 2 is 1.86 bits per heavy atom. The molecule has 0 saturated carbocycles. The van der Waals surface area contributed by atoms with Crippen LogP contribution in [0.2, 0.25) is 0 Å². The lowest BCUT2D eigenvalue weighted by molar-refractivity contribution is -0.142. The number of hydrogen-bond donors (Lipinski definition) is 2. The molecular formula is C15H19BrN2O3. The number of amides is 2. The van der Waals surface area contributed by atoms with Crippen LogP contribution < -0.4 is 5.32 Å². The van der Waals surface area contributed by atoms with Gasteiger partial charge in [-0.2, -0.15) is 0 Å². The monoisotopic (exact) mass is 354 g/mol. The number of halogens is 1. The minimum Gasteiger partial charge on any atom is -0.481 e. The second-order valence-corrected chi connectivity index (χ2v) is 6.47. The van der Waals surface area contributed by atoms with Gasteiger partial charge < -0.3 is 15.3 Å². The van der Waals surface area contributed by atoms with E-state index >= 15 is 0 Å². The number of aryl methyl sites for hydroxylation is 2. The first kappa shape index (κ1) is 15.8. The molecule has 0 spiro atoms. The highest BCUT2D eigenvalue weighted by Crippen LogP contribution is 2.27. The lowest BCUT2D eigenvalue weighted by Gasteiger charge is -2.18. The highest BCUT2D eigenvalue weighted by Gasteiger charge is 2.36. The molecule has 1 aliphatic heterocycles. The summed E-state index contributed by atoms with van der Waals surface area (Å²) in [7, 11) is 0. The van der Waals surface area contributed by atoms with Crippen LogP contribution >= 0.6 is 15.9 Å². The number of anilines is 1. The van der Waals surface area contributed by atoms with E-state index in [1.165, 1.54) is 0 Å². The smallest absolute Gasteiger partial charge is 0.321 e. The molecule has 1 aliphatic rings. The Kier molecular flexibility index (Phi) is 4.56. The van der Waals surface area contributed by atoms with Crippen LogP contribution in [0.25, 0.3) is 0 Å². The topological polar surface area (TPSA) is 69.6 Å². The number of hydrogen-bond acceptors (Lipinski definition) is 2. The van der Waals surface area contributed by atoms with Crippen LogP contribution in [0.15, 0.2) is 16.6 Å². The maximum Gasteiger partial charge on any atom is 0.321 e. The van der Waals surface area contributed by atoms with Crippen molar-refractivity contribution >= 4 is 33.6 Å². The molecule has 2 unspecified atom stereocenters. The number of carbonyl (C=O) groups excluding carboxylic acids is 1. The van der Waals surface area contributed by atoms with Crippen molar-refractivity contribution in [2.24, 2.45) is 11.8 Å². The van der Waals surface area contributed by atoms with Gasteiger partial charge in [-0.05, 0) is 43.0 Å². The van der Waals surface area contributed by atoms with Crippen LogP contribution in [-0.4, -0.2) is 35.1 Å². The average molecular weight is 355 g/mol. The van der Waals surface area contributed by atoms with E-state index in [-0.39, 0.29) is 18.5 Å². The molecule has 1 aromatic carbocycles. The number of urea groups is 1. The zero-order valence-corrected chi connectivity index (χ0v) is 13.9. The SMILES string of the molecule is Cc1cc(NC(=O)N2CC(C)C(C(=O)O)C2)cc(C)c1Br. The summed E-state index contributed by atoms with van der Waals surface area (Å²) < 4.78 is 1.03. The Bertz CT molecular complexity index is 565. The fourth-order valence-corrected chi connectivity index (χ4v) is 2.90. The molecule has 0 aromatic heterocycles. The third-order valence-electron chi connectivity index (χ3n) is 3.90. The second kappa shape index (κ2) is 6.05. The molecule has 1 heterocycles. The van der Waals surface area contributed by atoms with Gasteiger partial charge in [0.05, 0.1) is 5.92 Å². The fraction of sp³-hybridized carbons (Fsp3) is 0.467. The van der Waals surface area contributed by atoms with Crippen LogP contribution in [0.3, 0.4) is 0 Å². The van der Waals surface area contributed by atoms with Crippen molar-refractivity contribution in [3.8, 4) is 0 Å². The summed E-state index contributed by atoms with van der Waals surface area (Å²) in [6.07, 6.45) is 0. The molecule has 114 valence electrons. The van der Waals surface area contributed by atoms with Crippen molar-refractivity contribution in [2.75, 3.05) is 18.4 Å². The zero-order valence-electron chi connectivity index (χ0n) is 12.3. The van der Waals surface area contributed by atoms with E-state index < -0.39 is 11.9 Å². The van der Waals surface area contributed by atoms with Crippen LogP contribution in [0.1, 0.15) is 18.1 Å². The number of benzene rings is 1. The van der Waals surface area contributed by atoms with Gasteiger partial charge in [0.25, 0.3) is 0 Å². The molecule has 1 fully saturated rings. The van der Waals surface area contributed by atoms with Gasteiger partial charge in [0.15, 0.2) is 0 Å². The Hall–Kier alpha value is -1.56. The summed E-state index contributed by atoms with van der Waals surface area (Å²) in [6, 6.07) is 3.54. The Morgan fingerprint density at radius 1 is 1.29 bits per heavy atom. The molecule has 2 rings (SSSR count). The molecule has 1 saturated heterocycles. The summed E-state index contributed by atoms with van der Waals surface area (Å²) in [4.78, 5) is 24.9. The molecule has 1 aromatic rings. The van der Waals surface area contributed by atoms with E-state index in [0.29, 0.717) is 6.54 Å². The van der Waals surface area contributed by atoms with Gasteiger partial charge in [-0.15, -0.1) is 0 Å². The van der Waals surface area contributed by atoms with E-state index in [2.05, 4.69) is 21.2 Å². The number of likely N-dealkylation sites (tertiary alicyclic amines) is 1. The third-order valence-corrected chi connectivity index (χ3v) is 5.16. The summed E-state index contributed by atoms with van der Waals surface area (Å²) in [5, 5.41) is 12.0. The highest BCUT2D eigenvalue weighted by molar-refractivity contribution is 9.10. The van der Waals surface area contributed by atoms with Crippen molar-refractivity contribution < 1.29 is 14.7 Å².